The van der Waals surface area contributed by atoms with Gasteiger partial charge < -0.3 is 10.2 Å². The number of anilines is 1. The van der Waals surface area contributed by atoms with Crippen molar-refractivity contribution in [2.24, 2.45) is 0 Å². The van der Waals surface area contributed by atoms with Crippen LogP contribution in [0.15, 0.2) is 30.3 Å². The summed E-state index contributed by atoms with van der Waals surface area (Å²) >= 11 is 0. The van der Waals surface area contributed by atoms with Gasteiger partial charge in [-0.3, -0.25) is 0 Å². The van der Waals surface area contributed by atoms with E-state index in [0.29, 0.717) is 6.04 Å². The number of benzene rings is 1. The van der Waals surface area contributed by atoms with Crippen LogP contribution in [0.1, 0.15) is 24.8 Å². The smallest absolute Gasteiger partial charge is 0.133 e. The van der Waals surface area contributed by atoms with Gasteiger partial charge in [-0.1, -0.05) is 18.2 Å². The molecule has 1 heterocycles. The van der Waals surface area contributed by atoms with Gasteiger partial charge in [0.2, 0.25) is 0 Å². The summed E-state index contributed by atoms with van der Waals surface area (Å²) in [5.74, 6) is 1.14. The fourth-order valence-electron chi connectivity index (χ4n) is 2.72. The summed E-state index contributed by atoms with van der Waals surface area (Å²) in [5, 5.41) is 4.47. The SMILES string of the molecule is CNCc1cc2ccccc2nc1N(C)C1CCC1. The predicted octanol–water partition coefficient (Wildman–Crippen LogP) is 2.94. The van der Waals surface area contributed by atoms with E-state index in [2.05, 4.69) is 47.6 Å². The first kappa shape index (κ1) is 12.4. The number of nitrogens with one attached hydrogen (secondary N) is 1. The number of hydrogen-bond acceptors (Lipinski definition) is 3. The second-order valence-electron chi connectivity index (χ2n) is 5.39. The first-order chi connectivity index (χ1) is 9.29. The molecule has 0 atom stereocenters. The molecule has 1 aliphatic rings. The van der Waals surface area contributed by atoms with Crippen molar-refractivity contribution in [1.82, 2.24) is 10.3 Å². The number of para-hydroxylation sites is 1. The molecule has 1 fully saturated rings. The van der Waals surface area contributed by atoms with Crippen LogP contribution in [0.25, 0.3) is 10.9 Å². The Hall–Kier alpha value is -1.61. The lowest BCUT2D eigenvalue weighted by atomic mass is 9.91. The van der Waals surface area contributed by atoms with Gasteiger partial charge in [-0.2, -0.15) is 0 Å². The molecular formula is C16H21N3. The molecule has 3 rings (SSSR count). The molecule has 1 aliphatic carbocycles. The van der Waals surface area contributed by atoms with Crippen molar-refractivity contribution in [1.29, 1.82) is 0 Å². The fraction of sp³-hybridized carbons (Fsp3) is 0.438. The van der Waals surface area contributed by atoms with Crippen LogP contribution >= 0.6 is 0 Å². The van der Waals surface area contributed by atoms with E-state index < -0.39 is 0 Å². The second kappa shape index (κ2) is 5.17. The Bertz CT molecular complexity index is 575. The number of pyridine rings is 1. The molecule has 0 spiro atoms. The van der Waals surface area contributed by atoms with Crippen LogP contribution in [-0.2, 0) is 6.54 Å². The normalized spacial score (nSPS) is 15.5. The highest BCUT2D eigenvalue weighted by molar-refractivity contribution is 5.81. The Labute approximate surface area is 114 Å². The zero-order valence-corrected chi connectivity index (χ0v) is 11.7. The van der Waals surface area contributed by atoms with Crippen LogP contribution in [0.3, 0.4) is 0 Å². The van der Waals surface area contributed by atoms with Crippen molar-refractivity contribution in [3.63, 3.8) is 0 Å². The lowest BCUT2D eigenvalue weighted by Gasteiger charge is -2.36. The number of rotatable bonds is 4. The second-order valence-corrected chi connectivity index (χ2v) is 5.39. The summed E-state index contributed by atoms with van der Waals surface area (Å²) in [6, 6.07) is 11.3. The van der Waals surface area contributed by atoms with Gasteiger partial charge in [0, 0.05) is 30.6 Å². The topological polar surface area (TPSA) is 28.2 Å². The maximum absolute atomic E-state index is 4.88. The van der Waals surface area contributed by atoms with E-state index in [9.17, 15) is 0 Å². The van der Waals surface area contributed by atoms with Gasteiger partial charge in [0.05, 0.1) is 5.52 Å². The lowest BCUT2D eigenvalue weighted by Crippen LogP contribution is -2.38. The summed E-state index contributed by atoms with van der Waals surface area (Å²) in [7, 11) is 4.17. The van der Waals surface area contributed by atoms with Gasteiger partial charge in [0.25, 0.3) is 0 Å². The molecule has 1 saturated carbocycles. The Morgan fingerprint density at radius 3 is 2.79 bits per heavy atom. The van der Waals surface area contributed by atoms with Crippen molar-refractivity contribution in [2.75, 3.05) is 19.0 Å². The third-order valence-electron chi connectivity index (χ3n) is 4.10. The molecule has 100 valence electrons. The highest BCUT2D eigenvalue weighted by Crippen LogP contribution is 2.30. The standard InChI is InChI=1S/C16H21N3/c1-17-11-13-10-12-6-3-4-9-15(12)18-16(13)19(2)14-7-5-8-14/h3-4,6,9-10,14,17H,5,7-8,11H2,1-2H3. The van der Waals surface area contributed by atoms with E-state index in [1.807, 2.05) is 7.05 Å². The molecule has 3 heteroatoms. The molecule has 1 N–H and O–H groups in total. The van der Waals surface area contributed by atoms with Gasteiger partial charge in [0.1, 0.15) is 5.82 Å². The minimum absolute atomic E-state index is 0.671. The monoisotopic (exact) mass is 255 g/mol. The molecule has 2 aromatic rings. The zero-order chi connectivity index (χ0) is 13.2. The van der Waals surface area contributed by atoms with Crippen molar-refractivity contribution < 1.29 is 0 Å². The van der Waals surface area contributed by atoms with E-state index in [0.717, 1.165) is 17.9 Å². The molecule has 19 heavy (non-hydrogen) atoms. The van der Waals surface area contributed by atoms with Gasteiger partial charge in [-0.15, -0.1) is 0 Å². The zero-order valence-electron chi connectivity index (χ0n) is 11.7. The molecule has 3 nitrogen and oxygen atoms in total. The van der Waals surface area contributed by atoms with Crippen LogP contribution in [0, 0.1) is 0 Å². The van der Waals surface area contributed by atoms with Crippen LogP contribution in [0.2, 0.25) is 0 Å². The molecule has 0 bridgehead atoms. The van der Waals surface area contributed by atoms with E-state index in [4.69, 9.17) is 4.98 Å². The van der Waals surface area contributed by atoms with Crippen molar-refractivity contribution >= 4 is 16.7 Å². The molecule has 0 radical (unpaired) electrons. The van der Waals surface area contributed by atoms with Crippen LogP contribution in [0.4, 0.5) is 5.82 Å². The average molecular weight is 255 g/mol. The maximum atomic E-state index is 4.88. The average Bonchev–Trinajstić information content (AvgIpc) is 2.36. The molecule has 0 aliphatic heterocycles. The van der Waals surface area contributed by atoms with Gasteiger partial charge in [-0.25, -0.2) is 4.98 Å². The van der Waals surface area contributed by atoms with Crippen LogP contribution in [0.5, 0.6) is 0 Å². The highest BCUT2D eigenvalue weighted by Gasteiger charge is 2.24. The Kier molecular flexibility index (Phi) is 3.38. The van der Waals surface area contributed by atoms with E-state index in [-0.39, 0.29) is 0 Å². The quantitative estimate of drug-likeness (QED) is 0.910. The molecule has 0 amide bonds. The van der Waals surface area contributed by atoms with Gasteiger partial charge in [0.15, 0.2) is 0 Å². The van der Waals surface area contributed by atoms with Crippen molar-refractivity contribution in [2.45, 2.75) is 31.8 Å². The molecule has 1 aromatic carbocycles. The number of fused-ring (bicyclic) bond motifs is 1. The van der Waals surface area contributed by atoms with Crippen LogP contribution in [-0.4, -0.2) is 25.1 Å². The third kappa shape index (κ3) is 2.30. The third-order valence-corrected chi connectivity index (χ3v) is 4.10. The summed E-state index contributed by atoms with van der Waals surface area (Å²) in [6.07, 6.45) is 3.94. The summed E-state index contributed by atoms with van der Waals surface area (Å²) < 4.78 is 0. The Morgan fingerprint density at radius 1 is 1.32 bits per heavy atom. The summed E-state index contributed by atoms with van der Waals surface area (Å²) in [6.45, 7) is 0.865. The number of nitrogens with zero attached hydrogens (tertiary/aromatic N) is 2. The Morgan fingerprint density at radius 2 is 2.11 bits per heavy atom. The predicted molar refractivity (Wildman–Crippen MR) is 80.5 cm³/mol. The lowest BCUT2D eigenvalue weighted by molar-refractivity contribution is 0.399. The van der Waals surface area contributed by atoms with E-state index >= 15 is 0 Å². The fourth-order valence-corrected chi connectivity index (χ4v) is 2.72. The minimum atomic E-state index is 0.671. The van der Waals surface area contributed by atoms with Crippen molar-refractivity contribution in [3.8, 4) is 0 Å². The maximum Gasteiger partial charge on any atom is 0.133 e. The number of hydrogen-bond donors (Lipinski definition) is 1. The molecule has 0 saturated heterocycles. The molecular weight excluding hydrogens is 234 g/mol. The molecule has 1 aromatic heterocycles. The molecule has 0 unspecified atom stereocenters. The van der Waals surface area contributed by atoms with Gasteiger partial charge in [-0.05, 0) is 38.4 Å². The summed E-state index contributed by atoms with van der Waals surface area (Å²) in [5.41, 5.74) is 2.37. The first-order valence-corrected chi connectivity index (χ1v) is 7.05. The van der Waals surface area contributed by atoms with Crippen molar-refractivity contribution in [3.05, 3.63) is 35.9 Å². The van der Waals surface area contributed by atoms with E-state index in [1.165, 1.54) is 30.2 Å². The Balaban J connectivity index is 2.05. The first-order valence-electron chi connectivity index (χ1n) is 7.05. The number of aromatic nitrogens is 1. The summed E-state index contributed by atoms with van der Waals surface area (Å²) in [4.78, 5) is 7.25. The van der Waals surface area contributed by atoms with E-state index in [1.54, 1.807) is 0 Å². The minimum Gasteiger partial charge on any atom is -0.356 e. The highest BCUT2D eigenvalue weighted by atomic mass is 15.2. The van der Waals surface area contributed by atoms with Gasteiger partial charge >= 0.3 is 0 Å². The van der Waals surface area contributed by atoms with Crippen LogP contribution < -0.4 is 10.2 Å². The largest absolute Gasteiger partial charge is 0.356 e.